The van der Waals surface area contributed by atoms with E-state index in [0.717, 1.165) is 41.9 Å². The topological polar surface area (TPSA) is 68.2 Å². The van der Waals surface area contributed by atoms with E-state index in [1.807, 2.05) is 20.8 Å². The maximum atomic E-state index is 10.8. The van der Waals surface area contributed by atoms with Crippen LogP contribution >= 0.6 is 0 Å². The molecule has 2 heterocycles. The normalized spacial score (nSPS) is 35.3. The molecule has 0 unspecified atom stereocenters. The molecule has 0 amide bonds. The number of rotatable bonds is 5. The number of aromatic hydroxyl groups is 1. The summed E-state index contributed by atoms with van der Waals surface area (Å²) in [6.07, 6.45) is 9.04. The fourth-order valence-corrected chi connectivity index (χ4v) is 6.36. The van der Waals surface area contributed by atoms with E-state index in [4.69, 9.17) is 14.2 Å². The molecule has 1 aromatic carbocycles. The van der Waals surface area contributed by atoms with Gasteiger partial charge in [-0.1, -0.05) is 31.9 Å². The molecule has 2 fully saturated rings. The molecule has 0 bridgehead atoms. The molecule has 3 aliphatic rings. The molecule has 0 aromatic heterocycles. The van der Waals surface area contributed by atoms with Gasteiger partial charge in [-0.15, -0.1) is 0 Å². The van der Waals surface area contributed by atoms with Crippen LogP contribution in [0.15, 0.2) is 35.6 Å². The first-order valence-corrected chi connectivity index (χ1v) is 12.2. The number of aliphatic hydroxyl groups excluding tert-OH is 1. The van der Waals surface area contributed by atoms with Gasteiger partial charge in [0.2, 0.25) is 5.79 Å². The zero-order chi connectivity index (χ0) is 24.2. The Morgan fingerprint density at radius 2 is 1.94 bits per heavy atom. The zero-order valence-corrected chi connectivity index (χ0v) is 21.2. The average Bonchev–Trinajstić information content (AvgIpc) is 3.13. The van der Waals surface area contributed by atoms with Crippen LogP contribution in [0.5, 0.6) is 11.5 Å². The fraction of sp³-hybridized carbons (Fsp3) is 0.643. The number of benzene rings is 1. The molecule has 1 aliphatic carbocycles. The maximum Gasteiger partial charge on any atom is 0.219 e. The molecule has 5 heteroatoms. The van der Waals surface area contributed by atoms with Crippen LogP contribution in [-0.4, -0.2) is 34.8 Å². The van der Waals surface area contributed by atoms with Gasteiger partial charge in [-0.2, -0.15) is 0 Å². The van der Waals surface area contributed by atoms with E-state index in [1.54, 1.807) is 19.2 Å². The second kappa shape index (κ2) is 8.06. The number of phenolic OH excluding ortho intramolecular Hbond substituents is 1. The first-order valence-electron chi connectivity index (χ1n) is 12.2. The summed E-state index contributed by atoms with van der Waals surface area (Å²) in [5, 5.41) is 20.8. The van der Waals surface area contributed by atoms with Gasteiger partial charge in [0.15, 0.2) is 0 Å². The highest BCUT2D eigenvalue weighted by Gasteiger charge is 2.69. The van der Waals surface area contributed by atoms with Gasteiger partial charge in [0, 0.05) is 29.2 Å². The zero-order valence-electron chi connectivity index (χ0n) is 21.2. The lowest BCUT2D eigenvalue weighted by Gasteiger charge is -2.54. The van der Waals surface area contributed by atoms with Crippen molar-refractivity contribution >= 4 is 0 Å². The van der Waals surface area contributed by atoms with Crippen molar-refractivity contribution in [3.63, 3.8) is 0 Å². The molecule has 0 radical (unpaired) electrons. The third-order valence-electron chi connectivity index (χ3n) is 8.61. The van der Waals surface area contributed by atoms with Gasteiger partial charge in [0.25, 0.3) is 0 Å². The number of phenols is 1. The number of hydrogen-bond acceptors (Lipinski definition) is 5. The minimum absolute atomic E-state index is 0.0352. The first kappa shape index (κ1) is 24.2. The van der Waals surface area contributed by atoms with Crippen LogP contribution in [0.1, 0.15) is 77.8 Å². The van der Waals surface area contributed by atoms with Crippen molar-refractivity contribution in [1.29, 1.82) is 0 Å². The minimum Gasteiger partial charge on any atom is -0.508 e. The Hall–Kier alpha value is -1.98. The lowest BCUT2D eigenvalue weighted by Crippen LogP contribution is -2.57. The van der Waals surface area contributed by atoms with E-state index >= 15 is 0 Å². The quantitative estimate of drug-likeness (QED) is 0.536. The van der Waals surface area contributed by atoms with Gasteiger partial charge < -0.3 is 24.4 Å². The number of hydrogen-bond donors (Lipinski definition) is 2. The molecule has 1 saturated heterocycles. The summed E-state index contributed by atoms with van der Waals surface area (Å²) in [4.78, 5) is 0. The third kappa shape index (κ3) is 3.87. The van der Waals surface area contributed by atoms with E-state index in [9.17, 15) is 10.2 Å². The molecule has 2 N–H and O–H groups in total. The van der Waals surface area contributed by atoms with Crippen molar-refractivity contribution in [3.05, 3.63) is 46.7 Å². The number of fused-ring (bicyclic) bond motifs is 2. The van der Waals surface area contributed by atoms with Crippen LogP contribution in [0.3, 0.4) is 0 Å². The van der Waals surface area contributed by atoms with E-state index in [-0.39, 0.29) is 16.6 Å². The van der Waals surface area contributed by atoms with Crippen LogP contribution in [-0.2, 0) is 15.9 Å². The Labute approximate surface area is 198 Å². The van der Waals surface area contributed by atoms with Crippen molar-refractivity contribution in [2.45, 2.75) is 97.6 Å². The van der Waals surface area contributed by atoms with Gasteiger partial charge >= 0.3 is 0 Å². The van der Waals surface area contributed by atoms with Crippen molar-refractivity contribution in [2.75, 3.05) is 7.11 Å². The monoisotopic (exact) mass is 456 g/mol. The number of methoxy groups -OCH3 is 1. The van der Waals surface area contributed by atoms with Crippen LogP contribution in [0, 0.1) is 17.8 Å². The second-order valence-electron chi connectivity index (χ2n) is 11.4. The highest BCUT2D eigenvalue weighted by atomic mass is 16.7. The molecule has 1 aromatic rings. The first-order chi connectivity index (χ1) is 15.3. The molecule has 5 nitrogen and oxygen atoms in total. The fourth-order valence-electron chi connectivity index (χ4n) is 6.36. The Balaban J connectivity index is 1.60. The van der Waals surface area contributed by atoms with Gasteiger partial charge in [0.05, 0.1) is 18.8 Å². The molecular weight excluding hydrogens is 416 g/mol. The van der Waals surface area contributed by atoms with Gasteiger partial charge in [-0.3, -0.25) is 0 Å². The van der Waals surface area contributed by atoms with Gasteiger partial charge in [-0.05, 0) is 70.7 Å². The highest BCUT2D eigenvalue weighted by molar-refractivity contribution is 5.47. The summed E-state index contributed by atoms with van der Waals surface area (Å²) < 4.78 is 18.9. The number of aryl methyl sites for hydroxylation is 1. The lowest BCUT2D eigenvalue weighted by molar-refractivity contribution is -0.309. The minimum atomic E-state index is -0.808. The molecule has 1 saturated carbocycles. The predicted octanol–water partition coefficient (Wildman–Crippen LogP) is 5.95. The number of allylic oxidation sites excluding steroid dienone is 3. The van der Waals surface area contributed by atoms with Gasteiger partial charge in [-0.25, -0.2) is 0 Å². The largest absolute Gasteiger partial charge is 0.508 e. The number of aliphatic hydroxyl groups is 1. The summed E-state index contributed by atoms with van der Waals surface area (Å²) >= 11 is 0. The van der Waals surface area contributed by atoms with Crippen molar-refractivity contribution < 1.29 is 24.4 Å². The average molecular weight is 457 g/mol. The molecule has 4 atom stereocenters. The molecule has 1 spiro atoms. The Morgan fingerprint density at radius 1 is 1.21 bits per heavy atom. The summed E-state index contributed by atoms with van der Waals surface area (Å²) in [7, 11) is 1.66. The van der Waals surface area contributed by atoms with E-state index in [1.165, 1.54) is 5.57 Å². The van der Waals surface area contributed by atoms with Crippen LogP contribution in [0.2, 0.25) is 0 Å². The molecular formula is C28H40O5. The summed E-state index contributed by atoms with van der Waals surface area (Å²) in [6.45, 7) is 12.6. The molecule has 4 rings (SSSR count). The van der Waals surface area contributed by atoms with Crippen molar-refractivity contribution in [2.24, 2.45) is 10.8 Å². The summed E-state index contributed by atoms with van der Waals surface area (Å²) in [5.41, 5.74) is 2.22. The Morgan fingerprint density at radius 3 is 2.58 bits per heavy atom. The van der Waals surface area contributed by atoms with Crippen LogP contribution in [0.25, 0.3) is 0 Å². The second-order valence-corrected chi connectivity index (χ2v) is 11.4. The van der Waals surface area contributed by atoms with E-state index in [2.05, 4.69) is 32.9 Å². The van der Waals surface area contributed by atoms with Crippen LogP contribution in [0.4, 0.5) is 0 Å². The highest BCUT2D eigenvalue weighted by Crippen LogP contribution is 2.67. The van der Waals surface area contributed by atoms with Gasteiger partial charge in [0.1, 0.15) is 17.3 Å². The Kier molecular flexibility index (Phi) is 5.90. The van der Waals surface area contributed by atoms with Crippen LogP contribution < -0.4 is 4.74 Å². The Bertz CT molecular complexity index is 992. The smallest absolute Gasteiger partial charge is 0.219 e. The van der Waals surface area contributed by atoms with Crippen molar-refractivity contribution in [3.8, 4) is 11.5 Å². The molecule has 2 aliphatic heterocycles. The number of ether oxygens (including phenoxy) is 3. The van der Waals surface area contributed by atoms with E-state index < -0.39 is 17.5 Å². The van der Waals surface area contributed by atoms with E-state index in [0.29, 0.717) is 19.3 Å². The predicted molar refractivity (Wildman–Crippen MR) is 129 cm³/mol. The lowest BCUT2D eigenvalue weighted by atomic mass is 9.60. The SMILES string of the molecule is COc1c(C)cc(O)cc1CC=C(C)CC1=C[C@@]2(C)CCC[C@@]2(C)[C@]2(C[C@H](O)C(C)(C)O2)O1. The summed E-state index contributed by atoms with van der Waals surface area (Å²) in [6, 6.07) is 3.48. The summed E-state index contributed by atoms with van der Waals surface area (Å²) in [5.74, 6) is 1.18. The van der Waals surface area contributed by atoms with Crippen molar-refractivity contribution in [1.82, 2.24) is 0 Å². The molecule has 33 heavy (non-hydrogen) atoms. The molecule has 182 valence electrons. The standard InChI is InChI=1S/C28H40O5/c1-18(9-10-20-15-21(29)14-19(2)24(20)31-7)13-22-16-26(5)11-8-12-27(26,6)28(32-22)17-23(30)25(3,4)33-28/h9,14-16,23,29-30H,8,10-13,17H2,1-7H3/t23-,26+,27+,28+/m0/s1. The third-order valence-corrected chi connectivity index (χ3v) is 8.61. The maximum absolute atomic E-state index is 10.8.